The zero-order valence-electron chi connectivity index (χ0n) is 18.2. The first-order chi connectivity index (χ1) is 14.4. The summed E-state index contributed by atoms with van der Waals surface area (Å²) < 4.78 is 5.49. The molecule has 1 unspecified atom stereocenters. The topological polar surface area (TPSA) is 58.6 Å². The third-order valence-electron chi connectivity index (χ3n) is 5.81. The van der Waals surface area contributed by atoms with E-state index in [1.165, 1.54) is 11.1 Å². The van der Waals surface area contributed by atoms with Crippen LogP contribution in [0.2, 0.25) is 0 Å². The maximum atomic E-state index is 12.5. The fourth-order valence-corrected chi connectivity index (χ4v) is 3.81. The summed E-state index contributed by atoms with van der Waals surface area (Å²) in [5, 5.41) is 3.05. The number of aryl methyl sites for hydroxylation is 3. The number of ketones is 1. The van der Waals surface area contributed by atoms with Crippen LogP contribution in [0.5, 0.6) is 0 Å². The predicted molar refractivity (Wildman–Crippen MR) is 119 cm³/mol. The molecule has 30 heavy (non-hydrogen) atoms. The van der Waals surface area contributed by atoms with E-state index < -0.39 is 0 Å². The zero-order valence-corrected chi connectivity index (χ0v) is 18.2. The number of hydrogen-bond donors (Lipinski definition) is 1. The molecule has 0 aliphatic carbocycles. The van der Waals surface area contributed by atoms with Crippen LogP contribution < -0.4 is 5.32 Å². The van der Waals surface area contributed by atoms with E-state index in [1.54, 1.807) is 0 Å². The molecule has 0 spiro atoms. The Morgan fingerprint density at radius 3 is 2.47 bits per heavy atom. The van der Waals surface area contributed by atoms with Gasteiger partial charge in [0.1, 0.15) is 0 Å². The average molecular weight is 409 g/mol. The smallest absolute Gasteiger partial charge is 0.220 e. The second-order valence-electron chi connectivity index (χ2n) is 8.10. The molecule has 0 saturated carbocycles. The Labute approximate surface area is 179 Å². The third-order valence-corrected chi connectivity index (χ3v) is 5.81. The lowest BCUT2D eigenvalue weighted by Gasteiger charge is -2.35. The summed E-state index contributed by atoms with van der Waals surface area (Å²) in [5.74, 6) is -0.0743. The molecule has 1 saturated heterocycles. The van der Waals surface area contributed by atoms with Crippen molar-refractivity contribution < 1.29 is 14.3 Å². The lowest BCUT2D eigenvalue weighted by molar-refractivity contribution is -0.121. The molecule has 5 nitrogen and oxygen atoms in total. The summed E-state index contributed by atoms with van der Waals surface area (Å²) in [5.41, 5.74) is 5.34. The van der Waals surface area contributed by atoms with Gasteiger partial charge < -0.3 is 10.1 Å². The van der Waals surface area contributed by atoms with Crippen molar-refractivity contribution in [3.63, 3.8) is 0 Å². The minimum atomic E-state index is -0.0851. The standard InChI is InChI=1S/C25H32N2O3/c1-18-5-4-6-21(15-18)23(27-11-13-30-14-12-27)17-26-25(29)10-9-24(28)22-8-7-19(2)20(3)16-22/h4-8,15-16,23H,9-14,17H2,1-3H3,(H,26,29). The summed E-state index contributed by atoms with van der Waals surface area (Å²) in [4.78, 5) is 27.3. The van der Waals surface area contributed by atoms with Crippen LogP contribution >= 0.6 is 0 Å². The van der Waals surface area contributed by atoms with Gasteiger partial charge in [-0.3, -0.25) is 14.5 Å². The molecule has 3 rings (SSSR count). The maximum absolute atomic E-state index is 12.5. The molecule has 1 N–H and O–H groups in total. The van der Waals surface area contributed by atoms with Crippen molar-refractivity contribution in [1.29, 1.82) is 0 Å². The van der Waals surface area contributed by atoms with Crippen molar-refractivity contribution >= 4 is 11.7 Å². The molecule has 0 bridgehead atoms. The molecule has 0 aromatic heterocycles. The largest absolute Gasteiger partial charge is 0.379 e. The van der Waals surface area contributed by atoms with Crippen LogP contribution in [0, 0.1) is 20.8 Å². The maximum Gasteiger partial charge on any atom is 0.220 e. The number of rotatable bonds is 8. The summed E-state index contributed by atoms with van der Waals surface area (Å²) in [6, 6.07) is 14.2. The predicted octanol–water partition coefficient (Wildman–Crippen LogP) is 3.76. The van der Waals surface area contributed by atoms with Gasteiger partial charge in [-0.15, -0.1) is 0 Å². The number of morpholine rings is 1. The second-order valence-corrected chi connectivity index (χ2v) is 8.10. The number of nitrogens with zero attached hydrogens (tertiary/aromatic N) is 1. The molecule has 1 fully saturated rings. The quantitative estimate of drug-likeness (QED) is 0.676. The van der Waals surface area contributed by atoms with E-state index in [1.807, 2.05) is 32.0 Å². The van der Waals surface area contributed by atoms with E-state index in [-0.39, 0.29) is 30.6 Å². The normalized spacial score (nSPS) is 15.6. The van der Waals surface area contributed by atoms with Crippen molar-refractivity contribution in [1.82, 2.24) is 10.2 Å². The summed E-state index contributed by atoms with van der Waals surface area (Å²) >= 11 is 0. The fraction of sp³-hybridized carbons (Fsp3) is 0.440. The summed E-state index contributed by atoms with van der Waals surface area (Å²) in [6.07, 6.45) is 0.427. The Hall–Kier alpha value is -2.50. The van der Waals surface area contributed by atoms with E-state index in [9.17, 15) is 9.59 Å². The molecular formula is C25H32N2O3. The second kappa shape index (κ2) is 10.5. The number of carbonyl (C=O) groups excluding carboxylic acids is 2. The molecule has 1 atom stereocenters. The Balaban J connectivity index is 1.57. The minimum absolute atomic E-state index is 0.0108. The number of ether oxygens (including phenoxy) is 1. The molecule has 2 aromatic carbocycles. The van der Waals surface area contributed by atoms with E-state index in [4.69, 9.17) is 4.74 Å². The molecule has 1 aliphatic rings. The van der Waals surface area contributed by atoms with Gasteiger partial charge in [0.25, 0.3) is 0 Å². The Bertz CT molecular complexity index is 888. The van der Waals surface area contributed by atoms with Crippen LogP contribution in [-0.2, 0) is 9.53 Å². The number of benzene rings is 2. The molecule has 5 heteroatoms. The summed E-state index contributed by atoms with van der Waals surface area (Å²) in [6.45, 7) is 9.74. The lowest BCUT2D eigenvalue weighted by Crippen LogP contribution is -2.43. The Morgan fingerprint density at radius 1 is 1.00 bits per heavy atom. The number of amides is 1. The number of hydrogen-bond acceptors (Lipinski definition) is 4. The zero-order chi connectivity index (χ0) is 21.5. The van der Waals surface area contributed by atoms with Crippen molar-refractivity contribution in [3.05, 3.63) is 70.3 Å². The Morgan fingerprint density at radius 2 is 1.77 bits per heavy atom. The first-order valence-electron chi connectivity index (χ1n) is 10.7. The number of carbonyl (C=O) groups is 2. The van der Waals surface area contributed by atoms with Crippen LogP contribution in [-0.4, -0.2) is 49.4 Å². The van der Waals surface area contributed by atoms with Crippen LogP contribution in [0.3, 0.4) is 0 Å². The van der Waals surface area contributed by atoms with Gasteiger partial charge >= 0.3 is 0 Å². The minimum Gasteiger partial charge on any atom is -0.379 e. The monoisotopic (exact) mass is 408 g/mol. The molecule has 1 heterocycles. The number of nitrogens with one attached hydrogen (secondary N) is 1. The van der Waals surface area contributed by atoms with Gasteiger partial charge in [-0.25, -0.2) is 0 Å². The fourth-order valence-electron chi connectivity index (χ4n) is 3.81. The van der Waals surface area contributed by atoms with Crippen molar-refractivity contribution in [2.24, 2.45) is 0 Å². The molecule has 1 amide bonds. The molecule has 2 aromatic rings. The van der Waals surface area contributed by atoms with Gasteiger partial charge in [0.2, 0.25) is 5.91 Å². The van der Waals surface area contributed by atoms with Crippen LogP contribution in [0.4, 0.5) is 0 Å². The van der Waals surface area contributed by atoms with Crippen LogP contribution in [0.25, 0.3) is 0 Å². The van der Waals surface area contributed by atoms with Gasteiger partial charge in [-0.05, 0) is 43.5 Å². The van der Waals surface area contributed by atoms with Gasteiger partial charge in [-0.1, -0.05) is 42.0 Å². The van der Waals surface area contributed by atoms with Crippen LogP contribution in [0.15, 0.2) is 42.5 Å². The van der Waals surface area contributed by atoms with Gasteiger partial charge in [-0.2, -0.15) is 0 Å². The molecule has 0 radical (unpaired) electrons. The Kier molecular flexibility index (Phi) is 7.77. The molecule has 160 valence electrons. The highest BCUT2D eigenvalue weighted by Crippen LogP contribution is 2.22. The highest BCUT2D eigenvalue weighted by Gasteiger charge is 2.23. The third kappa shape index (κ3) is 6.00. The van der Waals surface area contributed by atoms with Gasteiger partial charge in [0.05, 0.1) is 19.3 Å². The average Bonchev–Trinajstić information content (AvgIpc) is 2.75. The SMILES string of the molecule is Cc1cccc(C(CNC(=O)CCC(=O)c2ccc(C)c(C)c2)N2CCOCC2)c1. The van der Waals surface area contributed by atoms with E-state index in [2.05, 4.69) is 41.4 Å². The van der Waals surface area contributed by atoms with Crippen molar-refractivity contribution in [2.45, 2.75) is 39.7 Å². The first-order valence-corrected chi connectivity index (χ1v) is 10.7. The van der Waals surface area contributed by atoms with Crippen molar-refractivity contribution in [3.8, 4) is 0 Å². The van der Waals surface area contributed by atoms with E-state index in [0.717, 1.165) is 24.2 Å². The molecule has 1 aliphatic heterocycles. The summed E-state index contributed by atoms with van der Waals surface area (Å²) in [7, 11) is 0. The van der Waals surface area contributed by atoms with Gasteiger partial charge in [0, 0.05) is 38.0 Å². The number of Topliss-reactive ketones (excluding diaryl/α,β-unsaturated/α-hetero) is 1. The lowest BCUT2D eigenvalue weighted by atomic mass is 10.0. The van der Waals surface area contributed by atoms with E-state index >= 15 is 0 Å². The molecular weight excluding hydrogens is 376 g/mol. The van der Waals surface area contributed by atoms with Crippen molar-refractivity contribution in [2.75, 3.05) is 32.8 Å². The van der Waals surface area contributed by atoms with Gasteiger partial charge in [0.15, 0.2) is 5.78 Å². The highest BCUT2D eigenvalue weighted by molar-refractivity contribution is 5.98. The first kappa shape index (κ1) is 22.2. The highest BCUT2D eigenvalue weighted by atomic mass is 16.5. The van der Waals surface area contributed by atoms with Crippen LogP contribution in [0.1, 0.15) is 51.5 Å². The van der Waals surface area contributed by atoms with E-state index in [0.29, 0.717) is 25.3 Å².